The Morgan fingerprint density at radius 2 is 0.969 bits per heavy atom. The number of hydrogen-bond donors (Lipinski definition) is 0. The molecule has 2 heteroatoms. The summed E-state index contributed by atoms with van der Waals surface area (Å²) in [5, 5.41) is 0. The molecule has 0 saturated carbocycles. The molecule has 2 aliphatic rings. The molecule has 0 atom stereocenters. The molecule has 4 rings (SSSR count). The molecule has 0 bridgehead atoms. The average molecular weight is 520 g/mol. The van der Waals surface area contributed by atoms with Crippen molar-refractivity contribution >= 4 is 6.88 Å². The average Bonchev–Trinajstić information content (AvgIpc) is 3.25. The monoisotopic (exact) mass is 518 g/mol. The van der Waals surface area contributed by atoms with Gasteiger partial charge < -0.3 is 0 Å². The number of benzene rings is 2. The van der Waals surface area contributed by atoms with Crippen LogP contribution >= 0.6 is 0 Å². The Kier molecular flexibility index (Phi) is 5.00. The molecule has 0 fully saturated rings. The Morgan fingerprint density at radius 1 is 0.625 bits per heavy atom. The van der Waals surface area contributed by atoms with Crippen LogP contribution in [0, 0.1) is 0 Å². The van der Waals surface area contributed by atoms with Crippen LogP contribution in [-0.2, 0) is 22.7 Å². The van der Waals surface area contributed by atoms with E-state index in [2.05, 4.69) is 117 Å². The minimum absolute atomic E-state index is 1.12. The van der Waals surface area contributed by atoms with E-state index in [1.54, 1.807) is 6.56 Å². The van der Waals surface area contributed by atoms with Crippen molar-refractivity contribution < 1.29 is 14.4 Å². The van der Waals surface area contributed by atoms with E-state index in [0.717, 1.165) is 21.1 Å². The molecule has 0 aliphatic heterocycles. The number of hydrogen-bond acceptors (Lipinski definition) is 0. The van der Waals surface area contributed by atoms with E-state index in [0.29, 0.717) is 0 Å². The summed E-state index contributed by atoms with van der Waals surface area (Å²) in [7, 11) is 0. The van der Waals surface area contributed by atoms with Crippen LogP contribution in [0.2, 0.25) is 9.26 Å². The van der Waals surface area contributed by atoms with Crippen LogP contribution in [0.1, 0.15) is 51.7 Å². The van der Waals surface area contributed by atoms with Crippen molar-refractivity contribution in [3.8, 4) is 0 Å². The molecule has 0 saturated heterocycles. The molecular weight excluding hydrogens is 480 g/mol. The van der Waals surface area contributed by atoms with Crippen LogP contribution in [0.5, 0.6) is 0 Å². The summed E-state index contributed by atoms with van der Waals surface area (Å²) in [6, 6.07) is 22.7. The molecule has 2 aliphatic carbocycles. The van der Waals surface area contributed by atoms with Crippen LogP contribution < -0.4 is 0 Å². The Labute approximate surface area is 191 Å². The van der Waals surface area contributed by atoms with Gasteiger partial charge in [0.25, 0.3) is 0 Å². The van der Waals surface area contributed by atoms with Gasteiger partial charge in [0.15, 0.2) is 0 Å². The van der Waals surface area contributed by atoms with Crippen molar-refractivity contribution in [2.45, 2.75) is 58.1 Å². The fourth-order valence-electron chi connectivity index (χ4n) is 8.16. The van der Waals surface area contributed by atoms with Gasteiger partial charge in [0.05, 0.1) is 0 Å². The third-order valence-electron chi connectivity index (χ3n) is 9.23. The predicted octanol–water partition coefficient (Wildman–Crippen LogP) is 8.04. The maximum absolute atomic E-state index is 4.91. The zero-order valence-electron chi connectivity index (χ0n) is 21.0. The fraction of sp³-hybridized carbons (Fsp3) is 0.333. The second-order valence-corrected chi connectivity index (χ2v) is 64.0. The molecule has 0 N–H and O–H groups in total. The van der Waals surface area contributed by atoms with Crippen LogP contribution in [0.25, 0.3) is 0 Å². The van der Waals surface area contributed by atoms with Crippen LogP contribution in [-0.4, -0.2) is 6.88 Å². The van der Waals surface area contributed by atoms with Gasteiger partial charge in [-0.3, -0.25) is 0 Å². The first-order chi connectivity index (χ1) is 14.8. The molecular formula is C30H40SiZr. The summed E-state index contributed by atoms with van der Waals surface area (Å²) < 4.78 is 11.5. The minimum atomic E-state index is -4.91. The van der Waals surface area contributed by atoms with Gasteiger partial charge in [-0.25, -0.2) is 0 Å². The van der Waals surface area contributed by atoms with E-state index in [1.807, 2.05) is 0 Å². The van der Waals surface area contributed by atoms with Gasteiger partial charge in [-0.15, -0.1) is 0 Å². The zero-order valence-corrected chi connectivity index (χ0v) is 24.8. The van der Waals surface area contributed by atoms with E-state index in [1.165, 1.54) is 33.4 Å². The molecule has 168 valence electrons. The topological polar surface area (TPSA) is 0 Å². The maximum atomic E-state index is 2.81. The van der Waals surface area contributed by atoms with Gasteiger partial charge in [0.2, 0.25) is 0 Å². The number of allylic oxidation sites excluding steroid dienone is 8. The molecule has 0 spiro atoms. The van der Waals surface area contributed by atoms with Gasteiger partial charge in [0, 0.05) is 0 Å². The molecule has 0 radical (unpaired) electrons. The summed E-state index contributed by atoms with van der Waals surface area (Å²) >= 11 is -4.91. The van der Waals surface area contributed by atoms with E-state index < -0.39 is 14.4 Å². The van der Waals surface area contributed by atoms with Gasteiger partial charge >= 0.3 is 192 Å². The summed E-state index contributed by atoms with van der Waals surface area (Å²) in [5.41, 5.74) is 9.07. The molecule has 0 amide bonds. The van der Waals surface area contributed by atoms with Crippen molar-refractivity contribution in [3.05, 3.63) is 113 Å². The van der Waals surface area contributed by atoms with E-state index in [4.69, 9.17) is 0 Å². The van der Waals surface area contributed by atoms with Gasteiger partial charge in [-0.2, -0.15) is 0 Å². The summed E-state index contributed by atoms with van der Waals surface area (Å²) in [6.07, 6.45) is 7.20. The molecule has 0 heterocycles. The first kappa shape index (κ1) is 23.7. The fourth-order valence-corrected chi connectivity index (χ4v) is 44.4. The first-order valence-electron chi connectivity index (χ1n) is 12.2. The van der Waals surface area contributed by atoms with Crippen LogP contribution in [0.3, 0.4) is 0 Å². The quantitative estimate of drug-likeness (QED) is 0.339. The second kappa shape index (κ2) is 6.77. The normalized spacial score (nSPS) is 20.4. The third-order valence-corrected chi connectivity index (χ3v) is 43.4. The summed E-state index contributed by atoms with van der Waals surface area (Å²) in [5.74, 6) is 0. The van der Waals surface area contributed by atoms with E-state index in [9.17, 15) is 0 Å². The zero-order chi connectivity index (χ0) is 23.3. The van der Waals surface area contributed by atoms with Gasteiger partial charge in [-0.05, 0) is 0 Å². The Balaban J connectivity index is 2.17. The Hall–Kier alpha value is -1.50. The van der Waals surface area contributed by atoms with E-state index >= 15 is 0 Å². The van der Waals surface area contributed by atoms with Crippen LogP contribution in [0.15, 0.2) is 102 Å². The van der Waals surface area contributed by atoms with Crippen molar-refractivity contribution in [2.75, 3.05) is 0 Å². The van der Waals surface area contributed by atoms with Gasteiger partial charge in [0.1, 0.15) is 0 Å². The Bertz CT molecular complexity index is 1250. The molecule has 2 aromatic rings. The molecule has 0 unspecified atom stereocenters. The molecule has 0 nitrogen and oxygen atoms in total. The molecule has 32 heavy (non-hydrogen) atoms. The second-order valence-electron chi connectivity index (χ2n) is 13.5. The van der Waals surface area contributed by atoms with E-state index in [-0.39, 0.29) is 0 Å². The van der Waals surface area contributed by atoms with Crippen molar-refractivity contribution in [3.63, 3.8) is 0 Å². The number of rotatable bonds is 6. The summed E-state index contributed by atoms with van der Waals surface area (Å²) in [6.45, 7) is 11.9. The van der Waals surface area contributed by atoms with Crippen LogP contribution in [0.4, 0.5) is 0 Å². The third kappa shape index (κ3) is 3.50. The van der Waals surface area contributed by atoms with Crippen molar-refractivity contribution in [1.29, 1.82) is 0 Å². The molecule has 0 aromatic heterocycles. The standard InChI is InChI=1S/2C7H9.2C7H7.2CH3.H2Si.Zr/c2*1-6-3-4-7(2)5-6;2*1-7-5-3-2-4-6-7;;;;/h2*5H,3H2,1-2H3;2*2-6H,1H2;2*1H3;1H2;. The van der Waals surface area contributed by atoms with Gasteiger partial charge in [-0.1, -0.05) is 0 Å². The molecule has 2 aromatic carbocycles. The summed E-state index contributed by atoms with van der Waals surface area (Å²) in [4.78, 5) is 0. The predicted molar refractivity (Wildman–Crippen MR) is 143 cm³/mol. The SMILES string of the molecule is CC1=CC(C)=[C]([Zr]([CH3])([CH3])(=[SiH2])([CH2]c2ccccc2)([CH2]c2ccccc2)[C]2=C(C)C=C(C)C2)C1. The van der Waals surface area contributed by atoms with Crippen molar-refractivity contribution in [1.82, 2.24) is 0 Å². The Morgan fingerprint density at radius 3 is 1.25 bits per heavy atom. The van der Waals surface area contributed by atoms with Crippen molar-refractivity contribution in [2.24, 2.45) is 0 Å². The first-order valence-corrected chi connectivity index (χ1v) is 28.9.